The molecule has 170 valence electrons. The fourth-order valence-corrected chi connectivity index (χ4v) is 4.93. The first-order chi connectivity index (χ1) is 15.2. The Balaban J connectivity index is 1.82. The first-order valence-electron chi connectivity index (χ1n) is 9.71. The van der Waals surface area contributed by atoms with E-state index in [1.807, 2.05) is 6.26 Å². The quantitative estimate of drug-likeness (QED) is 0.487. The minimum Gasteiger partial charge on any atom is -0.337 e. The molecular formula is C21H23FN4O4S2. The molecular weight excluding hydrogens is 455 g/mol. The number of benzene rings is 2. The second-order valence-electron chi connectivity index (χ2n) is 7.11. The van der Waals surface area contributed by atoms with Gasteiger partial charge >= 0.3 is 0 Å². The van der Waals surface area contributed by atoms with Crippen molar-refractivity contribution in [3.63, 3.8) is 0 Å². The highest BCUT2D eigenvalue weighted by atomic mass is 32.2. The SMILES string of the molecule is CSCC[C@@H](NS(=O)(=O)c1ccccc1F)C(=O)N(C)Cc1nc2ccccc2c(=O)[nH]1. The Hall–Kier alpha value is -2.76. The van der Waals surface area contributed by atoms with Crippen LogP contribution in [0, 0.1) is 5.82 Å². The van der Waals surface area contributed by atoms with Crippen LogP contribution in [0.3, 0.4) is 0 Å². The standard InChI is InChI=1S/C21H23FN4O4S2/c1-26(13-19-23-16-9-5-3-7-14(16)20(27)24-19)21(28)17(11-12-31-2)25-32(29,30)18-10-6-4-8-15(18)22/h3-10,17,25H,11-13H2,1-2H3,(H,23,24,27)/t17-/m1/s1. The van der Waals surface area contributed by atoms with Gasteiger partial charge < -0.3 is 9.88 Å². The molecule has 0 unspecified atom stereocenters. The van der Waals surface area contributed by atoms with Crippen molar-refractivity contribution in [2.24, 2.45) is 0 Å². The molecule has 0 radical (unpaired) electrons. The van der Waals surface area contributed by atoms with Crippen LogP contribution in [-0.2, 0) is 21.4 Å². The van der Waals surface area contributed by atoms with E-state index < -0.39 is 32.7 Å². The van der Waals surface area contributed by atoms with E-state index in [9.17, 15) is 22.4 Å². The first kappa shape index (κ1) is 23.9. The van der Waals surface area contributed by atoms with Crippen molar-refractivity contribution in [3.05, 3.63) is 70.5 Å². The largest absolute Gasteiger partial charge is 0.337 e. The Morgan fingerprint density at radius 1 is 1.22 bits per heavy atom. The van der Waals surface area contributed by atoms with Gasteiger partial charge in [-0.25, -0.2) is 17.8 Å². The predicted molar refractivity (Wildman–Crippen MR) is 122 cm³/mol. The second kappa shape index (κ2) is 10.2. The smallest absolute Gasteiger partial charge is 0.258 e. The molecule has 32 heavy (non-hydrogen) atoms. The summed E-state index contributed by atoms with van der Waals surface area (Å²) in [6.45, 7) is -0.0316. The van der Waals surface area contributed by atoms with E-state index in [2.05, 4.69) is 14.7 Å². The molecule has 3 rings (SSSR count). The number of nitrogens with zero attached hydrogens (tertiary/aromatic N) is 2. The molecule has 11 heteroatoms. The zero-order valence-corrected chi connectivity index (χ0v) is 19.2. The van der Waals surface area contributed by atoms with Crippen molar-refractivity contribution in [3.8, 4) is 0 Å². The van der Waals surface area contributed by atoms with E-state index in [1.54, 1.807) is 24.3 Å². The molecule has 2 N–H and O–H groups in total. The van der Waals surface area contributed by atoms with Gasteiger partial charge in [-0.05, 0) is 42.7 Å². The number of aromatic nitrogens is 2. The molecule has 1 heterocycles. The van der Waals surface area contributed by atoms with Crippen molar-refractivity contribution in [1.29, 1.82) is 0 Å². The molecule has 1 atom stereocenters. The molecule has 0 fully saturated rings. The highest BCUT2D eigenvalue weighted by Gasteiger charge is 2.29. The number of H-pyrrole nitrogens is 1. The van der Waals surface area contributed by atoms with Gasteiger partial charge in [-0.2, -0.15) is 16.5 Å². The van der Waals surface area contributed by atoms with Crippen LogP contribution < -0.4 is 10.3 Å². The van der Waals surface area contributed by atoms with E-state index in [0.29, 0.717) is 16.7 Å². The van der Waals surface area contributed by atoms with Crippen LogP contribution in [-0.4, -0.2) is 54.3 Å². The summed E-state index contributed by atoms with van der Waals surface area (Å²) in [5, 5.41) is 0.431. The molecule has 1 aromatic heterocycles. The lowest BCUT2D eigenvalue weighted by molar-refractivity contribution is -0.132. The number of nitrogens with one attached hydrogen (secondary N) is 2. The molecule has 0 aliphatic heterocycles. The molecule has 0 saturated carbocycles. The summed E-state index contributed by atoms with van der Waals surface area (Å²) in [6.07, 6.45) is 2.04. The average Bonchev–Trinajstić information content (AvgIpc) is 2.76. The number of hydrogen-bond donors (Lipinski definition) is 2. The van der Waals surface area contributed by atoms with Gasteiger partial charge in [0.2, 0.25) is 15.9 Å². The summed E-state index contributed by atoms with van der Waals surface area (Å²) in [7, 11) is -2.78. The summed E-state index contributed by atoms with van der Waals surface area (Å²) in [5.74, 6) is -0.642. The Kier molecular flexibility index (Phi) is 7.64. The molecule has 8 nitrogen and oxygen atoms in total. The van der Waals surface area contributed by atoms with Gasteiger partial charge in [0.15, 0.2) is 0 Å². The number of rotatable bonds is 9. The minimum atomic E-state index is -4.26. The Morgan fingerprint density at radius 3 is 2.62 bits per heavy atom. The molecule has 0 aliphatic carbocycles. The number of carbonyl (C=O) groups is 1. The third kappa shape index (κ3) is 5.53. The number of carbonyl (C=O) groups excluding carboxylic acids is 1. The maximum Gasteiger partial charge on any atom is 0.258 e. The van der Waals surface area contributed by atoms with Crippen LogP contribution in [0.25, 0.3) is 10.9 Å². The monoisotopic (exact) mass is 478 g/mol. The van der Waals surface area contributed by atoms with Gasteiger partial charge in [-0.1, -0.05) is 24.3 Å². The number of aromatic amines is 1. The molecule has 0 saturated heterocycles. The van der Waals surface area contributed by atoms with Crippen molar-refractivity contribution < 1.29 is 17.6 Å². The minimum absolute atomic E-state index is 0.0316. The fourth-order valence-electron chi connectivity index (χ4n) is 3.16. The maximum absolute atomic E-state index is 14.0. The van der Waals surface area contributed by atoms with Crippen LogP contribution >= 0.6 is 11.8 Å². The molecule has 3 aromatic rings. The van der Waals surface area contributed by atoms with Gasteiger partial charge in [0.25, 0.3) is 5.56 Å². The lowest BCUT2D eigenvalue weighted by atomic mass is 10.2. The average molecular weight is 479 g/mol. The number of thioether (sulfide) groups is 1. The van der Waals surface area contributed by atoms with E-state index in [1.165, 1.54) is 35.8 Å². The maximum atomic E-state index is 14.0. The van der Waals surface area contributed by atoms with Gasteiger partial charge in [0, 0.05) is 7.05 Å². The van der Waals surface area contributed by atoms with Gasteiger partial charge in [-0.15, -0.1) is 0 Å². The zero-order chi connectivity index (χ0) is 23.3. The molecule has 1 amide bonds. The second-order valence-corrected chi connectivity index (χ2v) is 9.78. The van der Waals surface area contributed by atoms with Gasteiger partial charge in [-0.3, -0.25) is 9.59 Å². The van der Waals surface area contributed by atoms with Crippen LogP contribution in [0.4, 0.5) is 4.39 Å². The van der Waals surface area contributed by atoms with Gasteiger partial charge in [0.1, 0.15) is 22.6 Å². The van der Waals surface area contributed by atoms with Crippen molar-refractivity contribution in [2.45, 2.75) is 23.9 Å². The van der Waals surface area contributed by atoms with Crippen LogP contribution in [0.2, 0.25) is 0 Å². The number of fused-ring (bicyclic) bond motifs is 1. The number of sulfonamides is 1. The molecule has 0 spiro atoms. The summed E-state index contributed by atoms with van der Waals surface area (Å²) < 4.78 is 41.8. The van der Waals surface area contributed by atoms with Crippen molar-refractivity contribution >= 4 is 38.6 Å². The number of likely N-dealkylation sites (N-methyl/N-ethyl adjacent to an activating group) is 1. The zero-order valence-electron chi connectivity index (χ0n) is 17.5. The van der Waals surface area contributed by atoms with Crippen molar-refractivity contribution in [1.82, 2.24) is 19.6 Å². The van der Waals surface area contributed by atoms with E-state index >= 15 is 0 Å². The Labute approximate surface area is 189 Å². The molecule has 0 bridgehead atoms. The highest BCUT2D eigenvalue weighted by Crippen LogP contribution is 2.16. The van der Waals surface area contributed by atoms with Crippen LogP contribution in [0.15, 0.2) is 58.2 Å². The van der Waals surface area contributed by atoms with Crippen LogP contribution in [0.5, 0.6) is 0 Å². The fraction of sp³-hybridized carbons (Fsp3) is 0.286. The number of halogens is 1. The summed E-state index contributed by atoms with van der Waals surface area (Å²) in [5.41, 5.74) is 0.164. The van der Waals surface area contributed by atoms with E-state index in [-0.39, 0.29) is 24.3 Å². The summed E-state index contributed by atoms with van der Waals surface area (Å²) in [4.78, 5) is 33.1. The highest BCUT2D eigenvalue weighted by molar-refractivity contribution is 7.98. The normalized spacial score (nSPS) is 12.6. The molecule has 2 aromatic carbocycles. The van der Waals surface area contributed by atoms with E-state index in [0.717, 1.165) is 12.1 Å². The number of hydrogen-bond acceptors (Lipinski definition) is 6. The molecule has 0 aliphatic rings. The van der Waals surface area contributed by atoms with Gasteiger partial charge in [0.05, 0.1) is 17.4 Å². The number of para-hydroxylation sites is 1. The first-order valence-corrected chi connectivity index (χ1v) is 12.6. The lowest BCUT2D eigenvalue weighted by Crippen LogP contribution is -2.47. The third-order valence-electron chi connectivity index (χ3n) is 4.76. The topological polar surface area (TPSA) is 112 Å². The summed E-state index contributed by atoms with van der Waals surface area (Å²) in [6, 6.07) is 10.7. The summed E-state index contributed by atoms with van der Waals surface area (Å²) >= 11 is 1.45. The Morgan fingerprint density at radius 2 is 1.91 bits per heavy atom. The third-order valence-corrected chi connectivity index (χ3v) is 6.91. The van der Waals surface area contributed by atoms with E-state index in [4.69, 9.17) is 0 Å². The lowest BCUT2D eigenvalue weighted by Gasteiger charge is -2.24. The van der Waals surface area contributed by atoms with Crippen molar-refractivity contribution in [2.75, 3.05) is 19.1 Å². The number of amides is 1. The predicted octanol–water partition coefficient (Wildman–Crippen LogP) is 2.12. The Bertz CT molecular complexity index is 1280. The van der Waals surface area contributed by atoms with Crippen LogP contribution in [0.1, 0.15) is 12.2 Å².